The predicted molar refractivity (Wildman–Crippen MR) is 77.5 cm³/mol. The molecule has 1 aromatic heterocycles. The number of aryl methyl sites for hydroxylation is 1. The van der Waals surface area contributed by atoms with Gasteiger partial charge in [-0.05, 0) is 37.3 Å². The number of fused-ring (bicyclic) bond motifs is 1. The van der Waals surface area contributed by atoms with Gasteiger partial charge in [-0.3, -0.25) is 0 Å². The van der Waals surface area contributed by atoms with Crippen molar-refractivity contribution in [1.29, 1.82) is 0 Å². The summed E-state index contributed by atoms with van der Waals surface area (Å²) in [5, 5.41) is 10.5. The lowest BCUT2D eigenvalue weighted by atomic mass is 10.1. The van der Waals surface area contributed by atoms with Gasteiger partial charge in [0.25, 0.3) is 0 Å². The van der Waals surface area contributed by atoms with E-state index in [0.29, 0.717) is 22.9 Å². The minimum Gasteiger partial charge on any atom is -0.507 e. The van der Waals surface area contributed by atoms with Gasteiger partial charge in [0, 0.05) is 11.6 Å². The van der Waals surface area contributed by atoms with Crippen LogP contribution in [0.1, 0.15) is 6.92 Å². The molecular formula is C15H12ClFN2O. The Bertz CT molecular complexity index is 778. The third-order valence-electron chi connectivity index (χ3n) is 3.24. The molecule has 0 bridgehead atoms. The first-order valence-corrected chi connectivity index (χ1v) is 6.63. The van der Waals surface area contributed by atoms with E-state index in [1.807, 2.05) is 11.5 Å². The molecule has 0 saturated heterocycles. The monoisotopic (exact) mass is 290 g/mol. The van der Waals surface area contributed by atoms with Gasteiger partial charge in [-0.15, -0.1) is 0 Å². The highest BCUT2D eigenvalue weighted by molar-refractivity contribution is 6.31. The molecule has 0 unspecified atom stereocenters. The Balaban J connectivity index is 2.37. The fourth-order valence-corrected chi connectivity index (χ4v) is 2.51. The highest BCUT2D eigenvalue weighted by atomic mass is 35.5. The summed E-state index contributed by atoms with van der Waals surface area (Å²) in [7, 11) is 0. The molecule has 0 radical (unpaired) electrons. The molecule has 0 spiro atoms. The molecular weight excluding hydrogens is 279 g/mol. The first kappa shape index (κ1) is 12.9. The standard InChI is InChI=1S/C15H12ClFN2O/c1-2-19-12-8-9(16)6-7-11(12)18-15(19)14-10(17)4-3-5-13(14)20/h3-8,20H,2H2,1H3. The third-order valence-corrected chi connectivity index (χ3v) is 3.48. The number of benzene rings is 2. The van der Waals surface area contributed by atoms with Crippen LogP contribution in [0, 0.1) is 5.82 Å². The van der Waals surface area contributed by atoms with Gasteiger partial charge in [0.1, 0.15) is 17.4 Å². The zero-order chi connectivity index (χ0) is 14.3. The van der Waals surface area contributed by atoms with Crippen molar-refractivity contribution in [2.45, 2.75) is 13.5 Å². The number of phenols is 1. The number of imidazole rings is 1. The Labute approximate surface area is 120 Å². The lowest BCUT2D eigenvalue weighted by Gasteiger charge is -2.08. The molecule has 0 fully saturated rings. The molecule has 3 nitrogen and oxygen atoms in total. The van der Waals surface area contributed by atoms with E-state index < -0.39 is 5.82 Å². The quantitative estimate of drug-likeness (QED) is 0.767. The van der Waals surface area contributed by atoms with E-state index in [9.17, 15) is 9.50 Å². The third kappa shape index (κ3) is 1.93. The van der Waals surface area contributed by atoms with Crippen molar-refractivity contribution in [2.24, 2.45) is 0 Å². The molecule has 0 atom stereocenters. The summed E-state index contributed by atoms with van der Waals surface area (Å²) in [4.78, 5) is 4.42. The summed E-state index contributed by atoms with van der Waals surface area (Å²) in [5.74, 6) is -0.220. The van der Waals surface area contributed by atoms with Gasteiger partial charge in [0.05, 0.1) is 16.6 Å². The molecule has 0 aliphatic rings. The molecule has 0 aliphatic heterocycles. The molecule has 5 heteroatoms. The summed E-state index contributed by atoms with van der Waals surface area (Å²) >= 11 is 6.00. The Morgan fingerprint density at radius 2 is 2.10 bits per heavy atom. The van der Waals surface area contributed by atoms with Crippen LogP contribution >= 0.6 is 11.6 Å². The second kappa shape index (κ2) is 4.80. The van der Waals surface area contributed by atoms with Crippen molar-refractivity contribution < 1.29 is 9.50 Å². The second-order valence-electron chi connectivity index (χ2n) is 4.45. The Hall–Kier alpha value is -2.07. The van der Waals surface area contributed by atoms with E-state index in [2.05, 4.69) is 4.98 Å². The van der Waals surface area contributed by atoms with Gasteiger partial charge in [-0.25, -0.2) is 9.37 Å². The van der Waals surface area contributed by atoms with Crippen molar-refractivity contribution in [3.8, 4) is 17.1 Å². The van der Waals surface area contributed by atoms with E-state index in [-0.39, 0.29) is 11.3 Å². The molecule has 102 valence electrons. The maximum Gasteiger partial charge on any atom is 0.147 e. The Kier molecular flexibility index (Phi) is 3.10. The first-order valence-electron chi connectivity index (χ1n) is 6.25. The highest BCUT2D eigenvalue weighted by Gasteiger charge is 2.18. The number of aromatic nitrogens is 2. The Morgan fingerprint density at radius 3 is 2.80 bits per heavy atom. The topological polar surface area (TPSA) is 38.0 Å². The molecule has 20 heavy (non-hydrogen) atoms. The number of rotatable bonds is 2. The van der Waals surface area contributed by atoms with E-state index in [4.69, 9.17) is 11.6 Å². The fourth-order valence-electron chi connectivity index (χ4n) is 2.34. The largest absolute Gasteiger partial charge is 0.507 e. The van der Waals surface area contributed by atoms with Crippen LogP contribution in [-0.2, 0) is 6.54 Å². The summed E-state index contributed by atoms with van der Waals surface area (Å²) in [5.41, 5.74) is 1.65. The lowest BCUT2D eigenvalue weighted by Crippen LogP contribution is -1.99. The normalized spacial score (nSPS) is 11.2. The van der Waals surface area contributed by atoms with Gasteiger partial charge in [0.2, 0.25) is 0 Å². The molecule has 0 saturated carbocycles. The van der Waals surface area contributed by atoms with Crippen LogP contribution in [0.2, 0.25) is 5.02 Å². The fraction of sp³-hybridized carbons (Fsp3) is 0.133. The summed E-state index contributed by atoms with van der Waals surface area (Å²) in [6.07, 6.45) is 0. The van der Waals surface area contributed by atoms with Crippen LogP contribution in [0.5, 0.6) is 5.75 Å². The number of phenolic OH excluding ortho intramolecular Hbond substituents is 1. The van der Waals surface area contributed by atoms with E-state index in [1.54, 1.807) is 18.2 Å². The Morgan fingerprint density at radius 1 is 1.30 bits per heavy atom. The summed E-state index contributed by atoms with van der Waals surface area (Å²) in [6, 6.07) is 9.53. The molecule has 0 aliphatic carbocycles. The van der Waals surface area contributed by atoms with Crippen LogP contribution in [0.4, 0.5) is 4.39 Å². The van der Waals surface area contributed by atoms with Crippen molar-refractivity contribution in [3.63, 3.8) is 0 Å². The second-order valence-corrected chi connectivity index (χ2v) is 4.88. The molecule has 3 rings (SSSR count). The molecule has 1 N–H and O–H groups in total. The zero-order valence-corrected chi connectivity index (χ0v) is 11.5. The minimum absolute atomic E-state index is 0.113. The van der Waals surface area contributed by atoms with Gasteiger partial charge < -0.3 is 9.67 Å². The van der Waals surface area contributed by atoms with Crippen LogP contribution < -0.4 is 0 Å². The lowest BCUT2D eigenvalue weighted by molar-refractivity contribution is 0.471. The molecule has 3 aromatic rings. The number of nitrogens with zero attached hydrogens (tertiary/aromatic N) is 2. The van der Waals surface area contributed by atoms with Crippen LogP contribution in [0.15, 0.2) is 36.4 Å². The van der Waals surface area contributed by atoms with Crippen molar-refractivity contribution >= 4 is 22.6 Å². The van der Waals surface area contributed by atoms with Crippen molar-refractivity contribution in [2.75, 3.05) is 0 Å². The number of aromatic hydroxyl groups is 1. The number of hydrogen-bond donors (Lipinski definition) is 1. The first-order chi connectivity index (χ1) is 9.61. The maximum atomic E-state index is 14.0. The minimum atomic E-state index is -0.499. The number of hydrogen-bond acceptors (Lipinski definition) is 2. The summed E-state index contributed by atoms with van der Waals surface area (Å²) < 4.78 is 15.9. The van der Waals surface area contributed by atoms with Gasteiger partial charge >= 0.3 is 0 Å². The molecule has 2 aromatic carbocycles. The smallest absolute Gasteiger partial charge is 0.147 e. The highest BCUT2D eigenvalue weighted by Crippen LogP contribution is 2.33. The average Bonchev–Trinajstić information content (AvgIpc) is 2.76. The van der Waals surface area contributed by atoms with Crippen LogP contribution in [0.3, 0.4) is 0 Å². The molecule has 1 heterocycles. The predicted octanol–water partition coefficient (Wildman–Crippen LogP) is 4.22. The van der Waals surface area contributed by atoms with Crippen LogP contribution in [-0.4, -0.2) is 14.7 Å². The van der Waals surface area contributed by atoms with Gasteiger partial charge in [-0.1, -0.05) is 17.7 Å². The van der Waals surface area contributed by atoms with Crippen molar-refractivity contribution in [1.82, 2.24) is 9.55 Å². The van der Waals surface area contributed by atoms with E-state index in [0.717, 1.165) is 5.52 Å². The van der Waals surface area contributed by atoms with E-state index in [1.165, 1.54) is 18.2 Å². The molecule has 0 amide bonds. The van der Waals surface area contributed by atoms with Gasteiger partial charge in [-0.2, -0.15) is 0 Å². The maximum absolute atomic E-state index is 14.0. The van der Waals surface area contributed by atoms with Gasteiger partial charge in [0.15, 0.2) is 0 Å². The number of halogens is 2. The van der Waals surface area contributed by atoms with Crippen LogP contribution in [0.25, 0.3) is 22.4 Å². The summed E-state index contributed by atoms with van der Waals surface area (Å²) in [6.45, 7) is 2.53. The SMILES string of the molecule is CCn1c(-c2c(O)cccc2F)nc2ccc(Cl)cc21. The van der Waals surface area contributed by atoms with E-state index >= 15 is 0 Å². The average molecular weight is 291 g/mol. The zero-order valence-electron chi connectivity index (χ0n) is 10.8. The van der Waals surface area contributed by atoms with Crippen molar-refractivity contribution in [3.05, 3.63) is 47.2 Å².